The molecular weight excluding hydrogens is 242 g/mol. The molecule has 108 valence electrons. The number of amides is 1. The van der Waals surface area contributed by atoms with Crippen molar-refractivity contribution in [1.29, 1.82) is 0 Å². The molecule has 0 aliphatic carbocycles. The number of hydrogen-bond donors (Lipinski definition) is 1. The Balaban J connectivity index is 1.46. The third kappa shape index (κ3) is 3.27. The Hall–Kier alpha value is -0.650. The molecule has 5 nitrogen and oxygen atoms in total. The predicted octanol–water partition coefficient (Wildman–Crippen LogP) is -0.0809. The average molecular weight is 267 g/mol. The van der Waals surface area contributed by atoms with Crippen molar-refractivity contribution < 1.29 is 9.53 Å². The SMILES string of the molecule is O=C(C1CNCCO1)N1CCC(CN2CCCC2)C1. The van der Waals surface area contributed by atoms with Gasteiger partial charge in [-0.3, -0.25) is 4.79 Å². The molecule has 2 unspecified atom stereocenters. The minimum Gasteiger partial charge on any atom is -0.366 e. The first-order chi connectivity index (χ1) is 9.33. The lowest BCUT2D eigenvalue weighted by molar-refractivity contribution is -0.144. The monoisotopic (exact) mass is 267 g/mol. The van der Waals surface area contributed by atoms with Gasteiger partial charge in [0.1, 0.15) is 6.10 Å². The van der Waals surface area contributed by atoms with Crippen LogP contribution < -0.4 is 5.32 Å². The topological polar surface area (TPSA) is 44.8 Å². The van der Waals surface area contributed by atoms with Crippen molar-refractivity contribution >= 4 is 5.91 Å². The molecule has 1 amide bonds. The summed E-state index contributed by atoms with van der Waals surface area (Å²) >= 11 is 0. The van der Waals surface area contributed by atoms with Gasteiger partial charge in [0.05, 0.1) is 6.61 Å². The first kappa shape index (κ1) is 13.3. The number of carbonyl (C=O) groups excluding carboxylic acids is 1. The molecule has 3 heterocycles. The maximum absolute atomic E-state index is 12.3. The van der Waals surface area contributed by atoms with Crippen LogP contribution in [-0.4, -0.2) is 74.2 Å². The molecule has 5 heteroatoms. The third-order valence-corrected chi connectivity index (χ3v) is 4.52. The highest BCUT2D eigenvalue weighted by atomic mass is 16.5. The summed E-state index contributed by atoms with van der Waals surface area (Å²) in [5, 5.41) is 3.23. The number of rotatable bonds is 3. The second kappa shape index (κ2) is 6.20. The van der Waals surface area contributed by atoms with Gasteiger partial charge >= 0.3 is 0 Å². The Labute approximate surface area is 115 Å². The standard InChI is InChI=1S/C14H25N3O2/c18-14(13-9-15-4-8-19-13)17-7-3-12(11-17)10-16-5-1-2-6-16/h12-13,15H,1-11H2. The molecule has 0 saturated carbocycles. The fourth-order valence-corrected chi connectivity index (χ4v) is 3.44. The van der Waals surface area contributed by atoms with E-state index in [0.717, 1.165) is 26.1 Å². The second-order valence-corrected chi connectivity index (χ2v) is 6.01. The Kier molecular flexibility index (Phi) is 4.35. The van der Waals surface area contributed by atoms with Crippen molar-refractivity contribution in [3.8, 4) is 0 Å². The smallest absolute Gasteiger partial charge is 0.253 e. The molecule has 0 bridgehead atoms. The van der Waals surface area contributed by atoms with Gasteiger partial charge in [0, 0.05) is 32.7 Å². The highest BCUT2D eigenvalue weighted by Gasteiger charge is 2.33. The summed E-state index contributed by atoms with van der Waals surface area (Å²) in [4.78, 5) is 16.9. The van der Waals surface area contributed by atoms with Crippen LogP contribution in [0.2, 0.25) is 0 Å². The molecule has 3 rings (SSSR count). The minimum absolute atomic E-state index is 0.191. The molecule has 1 N–H and O–H groups in total. The molecule has 3 saturated heterocycles. The highest BCUT2D eigenvalue weighted by Crippen LogP contribution is 2.21. The van der Waals surface area contributed by atoms with Crippen molar-refractivity contribution in [2.24, 2.45) is 5.92 Å². The van der Waals surface area contributed by atoms with Gasteiger partial charge in [0.2, 0.25) is 0 Å². The van der Waals surface area contributed by atoms with Crippen LogP contribution in [0.5, 0.6) is 0 Å². The van der Waals surface area contributed by atoms with Crippen LogP contribution in [-0.2, 0) is 9.53 Å². The van der Waals surface area contributed by atoms with Gasteiger partial charge in [-0.25, -0.2) is 0 Å². The maximum Gasteiger partial charge on any atom is 0.253 e. The van der Waals surface area contributed by atoms with E-state index < -0.39 is 0 Å². The van der Waals surface area contributed by atoms with Gasteiger partial charge in [0.15, 0.2) is 0 Å². The largest absolute Gasteiger partial charge is 0.366 e. The van der Waals surface area contributed by atoms with Crippen molar-refractivity contribution in [1.82, 2.24) is 15.1 Å². The van der Waals surface area contributed by atoms with Crippen molar-refractivity contribution in [3.63, 3.8) is 0 Å². The zero-order chi connectivity index (χ0) is 13.1. The summed E-state index contributed by atoms with van der Waals surface area (Å²) < 4.78 is 5.56. The van der Waals surface area contributed by atoms with E-state index in [1.807, 2.05) is 4.90 Å². The summed E-state index contributed by atoms with van der Waals surface area (Å²) in [7, 11) is 0. The Morgan fingerprint density at radius 3 is 2.84 bits per heavy atom. The molecule has 19 heavy (non-hydrogen) atoms. The summed E-state index contributed by atoms with van der Waals surface area (Å²) in [6, 6.07) is 0. The lowest BCUT2D eigenvalue weighted by Gasteiger charge is -2.27. The molecular formula is C14H25N3O2. The molecule has 0 aromatic carbocycles. The second-order valence-electron chi connectivity index (χ2n) is 6.01. The van der Waals surface area contributed by atoms with E-state index in [4.69, 9.17) is 4.74 Å². The number of nitrogens with zero attached hydrogens (tertiary/aromatic N) is 2. The van der Waals surface area contributed by atoms with Crippen LogP contribution in [0.3, 0.4) is 0 Å². The molecule has 3 aliphatic rings. The summed E-state index contributed by atoms with van der Waals surface area (Å²) in [5.74, 6) is 0.856. The number of carbonyl (C=O) groups is 1. The van der Waals surface area contributed by atoms with E-state index in [-0.39, 0.29) is 12.0 Å². The Morgan fingerprint density at radius 2 is 2.11 bits per heavy atom. The van der Waals surface area contributed by atoms with E-state index >= 15 is 0 Å². The summed E-state index contributed by atoms with van der Waals surface area (Å²) in [5.41, 5.74) is 0. The van der Waals surface area contributed by atoms with Crippen LogP contribution in [0.15, 0.2) is 0 Å². The van der Waals surface area contributed by atoms with E-state index in [1.54, 1.807) is 0 Å². The Morgan fingerprint density at radius 1 is 1.26 bits per heavy atom. The first-order valence-electron chi connectivity index (χ1n) is 7.66. The van der Waals surface area contributed by atoms with E-state index in [0.29, 0.717) is 19.1 Å². The zero-order valence-electron chi connectivity index (χ0n) is 11.6. The summed E-state index contributed by atoms with van der Waals surface area (Å²) in [6.07, 6.45) is 3.59. The lowest BCUT2D eigenvalue weighted by Crippen LogP contribution is -2.49. The highest BCUT2D eigenvalue weighted by molar-refractivity contribution is 5.81. The first-order valence-corrected chi connectivity index (χ1v) is 7.66. The molecule has 3 fully saturated rings. The van der Waals surface area contributed by atoms with Gasteiger partial charge in [-0.15, -0.1) is 0 Å². The normalized spacial score (nSPS) is 32.9. The number of hydrogen-bond acceptors (Lipinski definition) is 4. The van der Waals surface area contributed by atoms with Crippen LogP contribution in [0.4, 0.5) is 0 Å². The molecule has 3 aliphatic heterocycles. The molecule has 0 radical (unpaired) electrons. The zero-order valence-corrected chi connectivity index (χ0v) is 11.6. The molecule has 0 aromatic rings. The number of nitrogens with one attached hydrogen (secondary N) is 1. The molecule has 0 aromatic heterocycles. The lowest BCUT2D eigenvalue weighted by atomic mass is 10.1. The van der Waals surface area contributed by atoms with E-state index in [2.05, 4.69) is 10.2 Å². The summed E-state index contributed by atoms with van der Waals surface area (Å²) in [6.45, 7) is 7.70. The molecule has 0 spiro atoms. The van der Waals surface area contributed by atoms with E-state index in [9.17, 15) is 4.79 Å². The number of ether oxygens (including phenoxy) is 1. The predicted molar refractivity (Wildman–Crippen MR) is 73.0 cm³/mol. The quantitative estimate of drug-likeness (QED) is 0.777. The maximum atomic E-state index is 12.3. The number of morpholine rings is 1. The van der Waals surface area contributed by atoms with Gasteiger partial charge in [-0.05, 0) is 38.3 Å². The minimum atomic E-state index is -0.251. The van der Waals surface area contributed by atoms with Crippen LogP contribution >= 0.6 is 0 Å². The van der Waals surface area contributed by atoms with Crippen LogP contribution in [0, 0.1) is 5.92 Å². The van der Waals surface area contributed by atoms with Crippen LogP contribution in [0.1, 0.15) is 19.3 Å². The third-order valence-electron chi connectivity index (χ3n) is 4.52. The van der Waals surface area contributed by atoms with Gasteiger partial charge in [0.25, 0.3) is 5.91 Å². The molecule has 2 atom stereocenters. The van der Waals surface area contributed by atoms with Crippen molar-refractivity contribution in [2.75, 3.05) is 52.4 Å². The van der Waals surface area contributed by atoms with Gasteiger partial charge in [-0.1, -0.05) is 0 Å². The van der Waals surface area contributed by atoms with Crippen molar-refractivity contribution in [2.45, 2.75) is 25.4 Å². The Bertz CT molecular complexity index is 312. The fourth-order valence-electron chi connectivity index (χ4n) is 3.44. The fraction of sp³-hybridized carbons (Fsp3) is 0.929. The average Bonchev–Trinajstić information content (AvgIpc) is 3.11. The van der Waals surface area contributed by atoms with Gasteiger partial charge in [-0.2, -0.15) is 0 Å². The van der Waals surface area contributed by atoms with E-state index in [1.165, 1.54) is 32.5 Å². The van der Waals surface area contributed by atoms with Crippen molar-refractivity contribution in [3.05, 3.63) is 0 Å². The van der Waals surface area contributed by atoms with Crippen LogP contribution in [0.25, 0.3) is 0 Å². The van der Waals surface area contributed by atoms with Gasteiger partial charge < -0.3 is 19.9 Å². The number of likely N-dealkylation sites (tertiary alicyclic amines) is 2.